The van der Waals surface area contributed by atoms with Gasteiger partial charge in [-0.05, 0) is 57.9 Å². The average molecular weight is 532 g/mol. The molecule has 30 heavy (non-hydrogen) atoms. The normalized spacial score (nSPS) is 22.9. The van der Waals surface area contributed by atoms with Crippen molar-refractivity contribution >= 4 is 29.9 Å². The van der Waals surface area contributed by atoms with Crippen molar-refractivity contribution < 1.29 is 14.6 Å². The van der Waals surface area contributed by atoms with Crippen LogP contribution in [0.1, 0.15) is 45.3 Å². The summed E-state index contributed by atoms with van der Waals surface area (Å²) < 4.78 is 11.7. The lowest BCUT2D eigenvalue weighted by Crippen LogP contribution is -2.51. The number of rotatable bonds is 8. The number of halogens is 1. The van der Waals surface area contributed by atoms with Crippen LogP contribution in [0.2, 0.25) is 0 Å². The van der Waals surface area contributed by atoms with Crippen molar-refractivity contribution in [2.24, 2.45) is 4.99 Å². The Bertz CT molecular complexity index is 674. The van der Waals surface area contributed by atoms with Gasteiger partial charge >= 0.3 is 0 Å². The third-order valence-electron chi connectivity index (χ3n) is 5.34. The van der Waals surface area contributed by atoms with Crippen molar-refractivity contribution in [3.8, 4) is 5.75 Å². The number of nitrogens with one attached hydrogen (secondary N) is 2. The molecular weight excluding hydrogens is 495 g/mol. The van der Waals surface area contributed by atoms with Crippen molar-refractivity contribution in [2.45, 2.75) is 58.0 Å². The SMILES string of the molecule is CCNC(=NCC(O)c1cccc(OC(C)C)c1)NCC1CN2CCCC2CO1.I. The lowest BCUT2D eigenvalue weighted by Gasteiger charge is -2.35. The quantitative estimate of drug-likeness (QED) is 0.272. The molecule has 3 rings (SSSR count). The van der Waals surface area contributed by atoms with Crippen LogP contribution in [0.5, 0.6) is 5.75 Å². The van der Waals surface area contributed by atoms with E-state index < -0.39 is 6.10 Å². The Morgan fingerprint density at radius 2 is 2.20 bits per heavy atom. The van der Waals surface area contributed by atoms with Crippen LogP contribution in [-0.2, 0) is 4.74 Å². The van der Waals surface area contributed by atoms with E-state index in [4.69, 9.17) is 9.47 Å². The Morgan fingerprint density at radius 3 is 2.97 bits per heavy atom. The van der Waals surface area contributed by atoms with E-state index in [0.29, 0.717) is 18.5 Å². The molecule has 1 aromatic rings. The Balaban J connectivity index is 0.00000320. The number of aliphatic hydroxyl groups excluding tert-OH is 1. The van der Waals surface area contributed by atoms with Gasteiger partial charge in [0.15, 0.2) is 5.96 Å². The van der Waals surface area contributed by atoms with Crippen LogP contribution in [0, 0.1) is 0 Å². The summed E-state index contributed by atoms with van der Waals surface area (Å²) in [5, 5.41) is 17.2. The van der Waals surface area contributed by atoms with Crippen LogP contribution in [-0.4, -0.2) is 73.5 Å². The summed E-state index contributed by atoms with van der Waals surface area (Å²) in [5.41, 5.74) is 0.804. The van der Waals surface area contributed by atoms with Gasteiger partial charge in [-0.15, -0.1) is 24.0 Å². The number of hydrogen-bond acceptors (Lipinski definition) is 5. The van der Waals surface area contributed by atoms with E-state index >= 15 is 0 Å². The van der Waals surface area contributed by atoms with E-state index in [0.717, 1.165) is 31.0 Å². The number of ether oxygens (including phenoxy) is 2. The first kappa shape index (κ1) is 25.2. The van der Waals surface area contributed by atoms with E-state index in [-0.39, 0.29) is 42.7 Å². The Labute approximate surface area is 197 Å². The second kappa shape index (κ2) is 12.7. The molecule has 7 nitrogen and oxygen atoms in total. The van der Waals surface area contributed by atoms with Crippen LogP contribution in [0.4, 0.5) is 0 Å². The molecule has 0 radical (unpaired) electrons. The number of benzene rings is 1. The van der Waals surface area contributed by atoms with E-state index in [1.54, 1.807) is 0 Å². The molecule has 3 N–H and O–H groups in total. The maximum atomic E-state index is 10.6. The minimum absolute atomic E-state index is 0. The molecule has 0 spiro atoms. The van der Waals surface area contributed by atoms with Crippen LogP contribution >= 0.6 is 24.0 Å². The summed E-state index contributed by atoms with van der Waals surface area (Å²) in [7, 11) is 0. The maximum absolute atomic E-state index is 10.6. The zero-order valence-corrected chi connectivity index (χ0v) is 20.7. The molecule has 2 aliphatic rings. The standard InChI is InChI=1S/C22H36N4O3.HI/c1-4-23-22(24-12-20-14-26-10-6-8-18(26)15-28-20)25-13-21(27)17-7-5-9-19(11-17)29-16(2)3;/h5,7,9,11,16,18,20-21,27H,4,6,8,10,12-15H2,1-3H3,(H2,23,24,25);1H. The highest BCUT2D eigenvalue weighted by Gasteiger charge is 2.32. The molecule has 0 saturated carbocycles. The number of aliphatic hydroxyl groups is 1. The molecule has 3 unspecified atom stereocenters. The minimum Gasteiger partial charge on any atom is -0.491 e. The highest BCUT2D eigenvalue weighted by molar-refractivity contribution is 14.0. The number of guanidine groups is 1. The number of hydrogen-bond donors (Lipinski definition) is 3. The van der Waals surface area contributed by atoms with Crippen molar-refractivity contribution in [3.05, 3.63) is 29.8 Å². The summed E-state index contributed by atoms with van der Waals surface area (Å²) in [6.45, 7) is 10.7. The van der Waals surface area contributed by atoms with E-state index in [1.165, 1.54) is 19.4 Å². The molecular formula is C22H37IN4O3. The van der Waals surface area contributed by atoms with Gasteiger partial charge in [-0.3, -0.25) is 9.89 Å². The summed E-state index contributed by atoms with van der Waals surface area (Å²) >= 11 is 0. The predicted octanol–water partition coefficient (Wildman–Crippen LogP) is 2.54. The predicted molar refractivity (Wildman–Crippen MR) is 131 cm³/mol. The van der Waals surface area contributed by atoms with Crippen molar-refractivity contribution in [2.75, 3.05) is 39.3 Å². The van der Waals surface area contributed by atoms with Gasteiger partial charge in [0.1, 0.15) is 5.75 Å². The molecule has 2 fully saturated rings. The van der Waals surface area contributed by atoms with Crippen LogP contribution in [0.3, 0.4) is 0 Å². The van der Waals surface area contributed by atoms with Gasteiger partial charge in [-0.1, -0.05) is 12.1 Å². The highest BCUT2D eigenvalue weighted by Crippen LogP contribution is 2.22. The summed E-state index contributed by atoms with van der Waals surface area (Å²) in [6.07, 6.45) is 2.12. The van der Waals surface area contributed by atoms with Gasteiger partial charge in [0.25, 0.3) is 0 Å². The first-order valence-corrected chi connectivity index (χ1v) is 10.9. The number of nitrogens with zero attached hydrogens (tertiary/aromatic N) is 2. The fourth-order valence-corrected chi connectivity index (χ4v) is 3.91. The van der Waals surface area contributed by atoms with E-state index in [1.807, 2.05) is 45.0 Å². The Morgan fingerprint density at radius 1 is 1.37 bits per heavy atom. The smallest absolute Gasteiger partial charge is 0.191 e. The molecule has 0 bridgehead atoms. The fraction of sp³-hybridized carbons (Fsp3) is 0.682. The van der Waals surface area contributed by atoms with Crippen LogP contribution in [0.25, 0.3) is 0 Å². The Hall–Kier alpha value is -1.10. The molecule has 0 aromatic heterocycles. The number of morpholine rings is 1. The molecule has 8 heteroatoms. The van der Waals surface area contributed by atoms with E-state index in [9.17, 15) is 5.11 Å². The lowest BCUT2D eigenvalue weighted by molar-refractivity contribution is -0.0453. The summed E-state index contributed by atoms with van der Waals surface area (Å²) in [4.78, 5) is 7.10. The van der Waals surface area contributed by atoms with Crippen molar-refractivity contribution in [3.63, 3.8) is 0 Å². The van der Waals surface area contributed by atoms with Gasteiger partial charge in [0.05, 0.1) is 31.5 Å². The monoisotopic (exact) mass is 532 g/mol. The summed E-state index contributed by atoms with van der Waals surface area (Å²) in [5.74, 6) is 1.47. The largest absolute Gasteiger partial charge is 0.491 e. The number of aliphatic imine (C=N–C) groups is 1. The molecule has 0 amide bonds. The highest BCUT2D eigenvalue weighted by atomic mass is 127. The van der Waals surface area contributed by atoms with Gasteiger partial charge in [-0.2, -0.15) is 0 Å². The molecule has 0 aliphatic carbocycles. The molecule has 1 aromatic carbocycles. The Kier molecular flexibility index (Phi) is 10.6. The first-order valence-electron chi connectivity index (χ1n) is 10.9. The van der Waals surface area contributed by atoms with Gasteiger partial charge < -0.3 is 25.2 Å². The zero-order valence-electron chi connectivity index (χ0n) is 18.3. The fourth-order valence-electron chi connectivity index (χ4n) is 3.91. The van der Waals surface area contributed by atoms with E-state index in [2.05, 4.69) is 20.5 Å². The van der Waals surface area contributed by atoms with Gasteiger partial charge in [-0.25, -0.2) is 0 Å². The second-order valence-electron chi connectivity index (χ2n) is 8.10. The van der Waals surface area contributed by atoms with Crippen LogP contribution < -0.4 is 15.4 Å². The third-order valence-corrected chi connectivity index (χ3v) is 5.34. The average Bonchev–Trinajstić information content (AvgIpc) is 3.17. The van der Waals surface area contributed by atoms with Gasteiger partial charge in [0, 0.05) is 25.7 Å². The third kappa shape index (κ3) is 7.55. The summed E-state index contributed by atoms with van der Waals surface area (Å²) in [6, 6.07) is 8.19. The number of fused-ring (bicyclic) bond motifs is 1. The van der Waals surface area contributed by atoms with Gasteiger partial charge in [0.2, 0.25) is 0 Å². The molecule has 2 heterocycles. The topological polar surface area (TPSA) is 78.4 Å². The van der Waals surface area contributed by atoms with Crippen molar-refractivity contribution in [1.82, 2.24) is 15.5 Å². The molecule has 2 saturated heterocycles. The maximum Gasteiger partial charge on any atom is 0.191 e. The van der Waals surface area contributed by atoms with Crippen molar-refractivity contribution in [1.29, 1.82) is 0 Å². The molecule has 3 atom stereocenters. The second-order valence-corrected chi connectivity index (χ2v) is 8.10. The molecule has 2 aliphatic heterocycles. The first-order chi connectivity index (χ1) is 14.0. The minimum atomic E-state index is -0.683. The molecule has 170 valence electrons. The zero-order chi connectivity index (χ0) is 20.6. The van der Waals surface area contributed by atoms with Crippen LogP contribution in [0.15, 0.2) is 29.3 Å². The lowest BCUT2D eigenvalue weighted by atomic mass is 10.1.